The Bertz CT molecular complexity index is 356. The molecule has 0 radical (unpaired) electrons. The lowest BCUT2D eigenvalue weighted by molar-refractivity contribution is 0.244. The van der Waals surface area contributed by atoms with E-state index in [9.17, 15) is 8.78 Å². The van der Waals surface area contributed by atoms with Crippen molar-refractivity contribution in [2.75, 3.05) is 0 Å². The molecule has 1 aromatic carbocycles. The summed E-state index contributed by atoms with van der Waals surface area (Å²) in [5.74, 6) is -0.972. The van der Waals surface area contributed by atoms with Crippen LogP contribution < -0.4 is 0 Å². The van der Waals surface area contributed by atoms with Crippen LogP contribution in [0.5, 0.6) is 0 Å². The van der Waals surface area contributed by atoms with Crippen molar-refractivity contribution in [2.24, 2.45) is 0 Å². The molecule has 0 aliphatic heterocycles. The summed E-state index contributed by atoms with van der Waals surface area (Å²) >= 11 is 0. The van der Waals surface area contributed by atoms with Crippen LogP contribution in [0.25, 0.3) is 5.57 Å². The van der Waals surface area contributed by atoms with Crippen LogP contribution in [-0.4, -0.2) is 11.2 Å². The summed E-state index contributed by atoms with van der Waals surface area (Å²) in [7, 11) is 0. The summed E-state index contributed by atoms with van der Waals surface area (Å²) in [6.45, 7) is 3.19. The number of aliphatic hydroxyl groups is 1. The monoisotopic (exact) mass is 198 g/mol. The Morgan fingerprint density at radius 2 is 2.07 bits per heavy atom. The molecule has 0 aromatic heterocycles. The van der Waals surface area contributed by atoms with Crippen molar-refractivity contribution in [2.45, 2.75) is 20.0 Å². The third-order valence-corrected chi connectivity index (χ3v) is 1.84. The zero-order valence-corrected chi connectivity index (χ0v) is 8.09. The van der Waals surface area contributed by atoms with Gasteiger partial charge in [0.25, 0.3) is 0 Å². The summed E-state index contributed by atoms with van der Waals surface area (Å²) < 4.78 is 26.0. The van der Waals surface area contributed by atoms with Crippen molar-refractivity contribution >= 4 is 5.57 Å². The SMILES string of the molecule is C/C(=C/C(C)O)c1cc(F)ccc1F. The summed E-state index contributed by atoms with van der Waals surface area (Å²) in [6, 6.07) is 3.25. The topological polar surface area (TPSA) is 20.2 Å². The molecule has 0 aliphatic rings. The van der Waals surface area contributed by atoms with E-state index in [1.165, 1.54) is 6.08 Å². The lowest BCUT2D eigenvalue weighted by Crippen LogP contribution is -1.96. The molecular formula is C11H12F2O. The van der Waals surface area contributed by atoms with Gasteiger partial charge in [0.1, 0.15) is 11.6 Å². The Kier molecular flexibility index (Phi) is 3.36. The standard InChI is InChI=1S/C11H12F2O/c1-7(5-8(2)14)10-6-9(12)3-4-11(10)13/h3-6,8,14H,1-2H3/b7-5-. The third-order valence-electron chi connectivity index (χ3n) is 1.84. The Labute approximate surface area is 81.7 Å². The molecular weight excluding hydrogens is 186 g/mol. The fourth-order valence-corrected chi connectivity index (χ4v) is 1.25. The van der Waals surface area contributed by atoms with E-state index in [-0.39, 0.29) is 5.56 Å². The van der Waals surface area contributed by atoms with Crippen LogP contribution in [0.15, 0.2) is 24.3 Å². The summed E-state index contributed by atoms with van der Waals surface area (Å²) in [4.78, 5) is 0. The molecule has 0 spiro atoms. The number of allylic oxidation sites excluding steroid dienone is 1. The Morgan fingerprint density at radius 3 is 2.64 bits per heavy atom. The smallest absolute Gasteiger partial charge is 0.130 e. The second-order valence-corrected chi connectivity index (χ2v) is 3.21. The van der Waals surface area contributed by atoms with Crippen molar-refractivity contribution in [3.05, 3.63) is 41.5 Å². The van der Waals surface area contributed by atoms with Gasteiger partial charge in [0.15, 0.2) is 0 Å². The van der Waals surface area contributed by atoms with Gasteiger partial charge in [-0.25, -0.2) is 8.78 Å². The minimum atomic E-state index is -0.669. The molecule has 1 unspecified atom stereocenters. The first-order valence-electron chi connectivity index (χ1n) is 4.32. The first kappa shape index (κ1) is 10.9. The van der Waals surface area contributed by atoms with Crippen molar-refractivity contribution in [1.82, 2.24) is 0 Å². The van der Waals surface area contributed by atoms with Crippen LogP contribution in [0.1, 0.15) is 19.4 Å². The maximum absolute atomic E-state index is 13.2. The predicted octanol–water partition coefficient (Wildman–Crippen LogP) is 2.75. The molecule has 0 saturated carbocycles. The van der Waals surface area contributed by atoms with E-state index in [1.54, 1.807) is 13.8 Å². The number of rotatable bonds is 2. The molecule has 1 aromatic rings. The zero-order chi connectivity index (χ0) is 10.7. The highest BCUT2D eigenvalue weighted by Gasteiger charge is 2.05. The molecule has 14 heavy (non-hydrogen) atoms. The van der Waals surface area contributed by atoms with E-state index >= 15 is 0 Å². The number of hydrogen-bond acceptors (Lipinski definition) is 1. The molecule has 0 fully saturated rings. The minimum Gasteiger partial charge on any atom is -0.389 e. The van der Waals surface area contributed by atoms with Crippen molar-refractivity contribution in [3.63, 3.8) is 0 Å². The second kappa shape index (κ2) is 4.33. The van der Waals surface area contributed by atoms with Crippen molar-refractivity contribution in [1.29, 1.82) is 0 Å². The normalized spacial score (nSPS) is 14.2. The largest absolute Gasteiger partial charge is 0.389 e. The lowest BCUT2D eigenvalue weighted by Gasteiger charge is -2.05. The van der Waals surface area contributed by atoms with E-state index in [0.29, 0.717) is 5.57 Å². The van der Waals surface area contributed by atoms with Crippen molar-refractivity contribution < 1.29 is 13.9 Å². The van der Waals surface area contributed by atoms with Gasteiger partial charge in [-0.3, -0.25) is 0 Å². The molecule has 0 amide bonds. The first-order chi connectivity index (χ1) is 6.50. The van der Waals surface area contributed by atoms with Gasteiger partial charge >= 0.3 is 0 Å². The van der Waals surface area contributed by atoms with Crippen LogP contribution >= 0.6 is 0 Å². The Hall–Kier alpha value is -1.22. The molecule has 3 heteroatoms. The lowest BCUT2D eigenvalue weighted by atomic mass is 10.1. The van der Waals surface area contributed by atoms with E-state index in [1.807, 2.05) is 0 Å². The quantitative estimate of drug-likeness (QED) is 0.774. The number of aliphatic hydroxyl groups excluding tert-OH is 1. The van der Waals surface area contributed by atoms with Crippen molar-refractivity contribution in [3.8, 4) is 0 Å². The van der Waals surface area contributed by atoms with Crippen LogP contribution in [-0.2, 0) is 0 Å². The van der Waals surface area contributed by atoms with Crippen LogP contribution in [0, 0.1) is 11.6 Å². The maximum atomic E-state index is 13.2. The van der Waals surface area contributed by atoms with Gasteiger partial charge in [0.2, 0.25) is 0 Å². The van der Waals surface area contributed by atoms with Gasteiger partial charge < -0.3 is 5.11 Å². The molecule has 76 valence electrons. The second-order valence-electron chi connectivity index (χ2n) is 3.21. The van der Waals surface area contributed by atoms with Crippen LogP contribution in [0.4, 0.5) is 8.78 Å². The van der Waals surface area contributed by atoms with Gasteiger partial charge in [-0.05, 0) is 37.6 Å². The van der Waals surface area contributed by atoms with Crippen LogP contribution in [0.2, 0.25) is 0 Å². The number of benzene rings is 1. The van der Waals surface area contributed by atoms with E-state index < -0.39 is 17.7 Å². The molecule has 0 heterocycles. The van der Waals surface area contributed by atoms with Gasteiger partial charge in [-0.15, -0.1) is 0 Å². The van der Waals surface area contributed by atoms with E-state index in [4.69, 9.17) is 5.11 Å². The minimum absolute atomic E-state index is 0.186. The summed E-state index contributed by atoms with van der Waals surface area (Å²) in [6.07, 6.45) is 0.801. The van der Waals surface area contributed by atoms with Gasteiger partial charge in [0, 0.05) is 5.56 Å². The third kappa shape index (κ3) is 2.64. The Morgan fingerprint density at radius 1 is 1.43 bits per heavy atom. The first-order valence-corrected chi connectivity index (χ1v) is 4.32. The fraction of sp³-hybridized carbons (Fsp3) is 0.273. The highest BCUT2D eigenvalue weighted by Crippen LogP contribution is 2.19. The molecule has 1 N–H and O–H groups in total. The van der Waals surface area contributed by atoms with Gasteiger partial charge in [0.05, 0.1) is 6.10 Å². The summed E-state index contributed by atoms with van der Waals surface area (Å²) in [5.41, 5.74) is 0.711. The average molecular weight is 198 g/mol. The zero-order valence-electron chi connectivity index (χ0n) is 8.09. The van der Waals surface area contributed by atoms with Crippen LogP contribution in [0.3, 0.4) is 0 Å². The number of halogens is 2. The predicted molar refractivity (Wildman–Crippen MR) is 51.7 cm³/mol. The molecule has 0 bridgehead atoms. The maximum Gasteiger partial charge on any atom is 0.130 e. The fourth-order valence-electron chi connectivity index (χ4n) is 1.25. The Balaban J connectivity index is 3.12. The van der Waals surface area contributed by atoms with E-state index in [2.05, 4.69) is 0 Å². The number of hydrogen-bond donors (Lipinski definition) is 1. The molecule has 1 nitrogen and oxygen atoms in total. The van der Waals surface area contributed by atoms with Gasteiger partial charge in [-0.1, -0.05) is 6.08 Å². The summed E-state index contributed by atoms with van der Waals surface area (Å²) in [5, 5.41) is 9.05. The molecule has 0 saturated heterocycles. The highest BCUT2D eigenvalue weighted by atomic mass is 19.1. The van der Waals surface area contributed by atoms with Gasteiger partial charge in [-0.2, -0.15) is 0 Å². The highest BCUT2D eigenvalue weighted by molar-refractivity contribution is 5.64. The molecule has 0 aliphatic carbocycles. The molecule has 1 atom stereocenters. The molecule has 1 rings (SSSR count). The van der Waals surface area contributed by atoms with E-state index in [0.717, 1.165) is 18.2 Å². The average Bonchev–Trinajstić information content (AvgIpc) is 2.08.